The van der Waals surface area contributed by atoms with Crippen molar-refractivity contribution >= 4 is 42.4 Å². The second kappa shape index (κ2) is 11.6. The Hall–Kier alpha value is -3.64. The number of carbonyl (C=O) groups is 1. The minimum Gasteiger partial charge on any atom is -0.462 e. The van der Waals surface area contributed by atoms with E-state index in [-0.39, 0.29) is 42.8 Å². The molecule has 39 heavy (non-hydrogen) atoms. The van der Waals surface area contributed by atoms with Gasteiger partial charge in [0.2, 0.25) is 5.95 Å². The van der Waals surface area contributed by atoms with Crippen LogP contribution in [0.1, 0.15) is 26.5 Å². The number of benzene rings is 2. The number of rotatable bonds is 10. The number of anilines is 1. The smallest absolute Gasteiger partial charge is 0.320 e. The van der Waals surface area contributed by atoms with Gasteiger partial charge in [-0.1, -0.05) is 30.3 Å². The van der Waals surface area contributed by atoms with Crippen LogP contribution < -0.4 is 20.9 Å². The fourth-order valence-corrected chi connectivity index (χ4v) is 5.22. The Balaban J connectivity index is 1.27. The third-order valence-corrected chi connectivity index (χ3v) is 7.08. The minimum atomic E-state index is -1.87. The standard InChI is InChI=1S/C25H28FN6O6P/c1-14(2)36-21(33)11-29-39(38-17-8-7-15-5-3-4-6-16(15)9-17)35-12-19-18(26)10-20(37-19)32-13-28-22-23(32)30-25(27)31-24(22)34/h3-9,13-14,18-20,29H,10-12H2,1-2H3,(H3,27,30,31,34). The van der Waals surface area contributed by atoms with Gasteiger partial charge in [0.25, 0.3) is 5.56 Å². The normalized spacial score (nSPS) is 20.1. The van der Waals surface area contributed by atoms with Gasteiger partial charge in [-0.15, -0.1) is 0 Å². The fraction of sp³-hybridized carbons (Fsp3) is 0.360. The first-order chi connectivity index (χ1) is 18.8. The Morgan fingerprint density at radius 2 is 2.10 bits per heavy atom. The Morgan fingerprint density at radius 1 is 1.31 bits per heavy atom. The van der Waals surface area contributed by atoms with Crippen molar-refractivity contribution < 1.29 is 27.7 Å². The predicted octanol–water partition coefficient (Wildman–Crippen LogP) is 3.34. The lowest BCUT2D eigenvalue weighted by Gasteiger charge is -2.21. The van der Waals surface area contributed by atoms with E-state index in [9.17, 15) is 9.59 Å². The van der Waals surface area contributed by atoms with E-state index >= 15 is 4.39 Å². The number of aromatic amines is 1. The van der Waals surface area contributed by atoms with Gasteiger partial charge in [-0.2, -0.15) is 4.98 Å². The number of H-pyrrole nitrogens is 1. The second-order valence-corrected chi connectivity index (χ2v) is 10.5. The molecule has 14 heteroatoms. The zero-order valence-corrected chi connectivity index (χ0v) is 22.1. The number of alkyl halides is 1. The summed E-state index contributed by atoms with van der Waals surface area (Å²) in [5, 5.41) is 4.94. The Morgan fingerprint density at radius 3 is 2.90 bits per heavy atom. The third kappa shape index (κ3) is 6.34. The number of aromatic nitrogens is 4. The van der Waals surface area contributed by atoms with Crippen LogP contribution in [0.4, 0.5) is 10.3 Å². The summed E-state index contributed by atoms with van der Waals surface area (Å²) in [5.74, 6) is -0.0368. The Bertz CT molecular complexity index is 1530. The van der Waals surface area contributed by atoms with E-state index in [1.807, 2.05) is 36.4 Å². The lowest BCUT2D eigenvalue weighted by atomic mass is 10.1. The zero-order chi connectivity index (χ0) is 27.5. The lowest BCUT2D eigenvalue weighted by molar-refractivity contribution is -0.145. The maximum absolute atomic E-state index is 15.0. The summed E-state index contributed by atoms with van der Waals surface area (Å²) < 4.78 is 39.5. The molecule has 5 rings (SSSR count). The molecule has 1 aliphatic rings. The molecule has 1 saturated heterocycles. The fourth-order valence-electron chi connectivity index (χ4n) is 4.16. The van der Waals surface area contributed by atoms with Crippen molar-refractivity contribution in [1.82, 2.24) is 24.6 Å². The van der Waals surface area contributed by atoms with E-state index in [2.05, 4.69) is 20.0 Å². The molecule has 3 heterocycles. The summed E-state index contributed by atoms with van der Waals surface area (Å²) in [4.78, 5) is 34.7. The molecular weight excluding hydrogens is 530 g/mol. The van der Waals surface area contributed by atoms with Crippen LogP contribution >= 0.6 is 8.53 Å². The number of hydrogen-bond donors (Lipinski definition) is 3. The van der Waals surface area contributed by atoms with Gasteiger partial charge in [-0.3, -0.25) is 19.1 Å². The monoisotopic (exact) mass is 558 g/mol. The van der Waals surface area contributed by atoms with Gasteiger partial charge in [-0.05, 0) is 36.8 Å². The average Bonchev–Trinajstić information content (AvgIpc) is 3.48. The number of hydrogen-bond acceptors (Lipinski definition) is 10. The molecule has 0 spiro atoms. The third-order valence-electron chi connectivity index (χ3n) is 5.91. The van der Waals surface area contributed by atoms with Crippen molar-refractivity contribution in [3.63, 3.8) is 0 Å². The van der Waals surface area contributed by atoms with Crippen molar-refractivity contribution in [2.24, 2.45) is 0 Å². The minimum absolute atomic E-state index is 0.00846. The zero-order valence-electron chi connectivity index (χ0n) is 21.2. The van der Waals surface area contributed by atoms with E-state index in [1.54, 1.807) is 19.9 Å². The number of nitrogens with zero attached hydrogens (tertiary/aromatic N) is 3. The molecule has 0 saturated carbocycles. The van der Waals surface area contributed by atoms with Crippen LogP contribution in [0.3, 0.4) is 0 Å². The highest BCUT2D eigenvalue weighted by Crippen LogP contribution is 2.39. The van der Waals surface area contributed by atoms with Gasteiger partial charge in [0.05, 0.1) is 19.0 Å². The van der Waals surface area contributed by atoms with Crippen LogP contribution in [-0.2, 0) is 18.8 Å². The van der Waals surface area contributed by atoms with Gasteiger partial charge < -0.3 is 24.3 Å². The molecule has 0 aliphatic carbocycles. The molecule has 4 atom stereocenters. The topological polar surface area (TPSA) is 156 Å². The van der Waals surface area contributed by atoms with Crippen LogP contribution in [0.5, 0.6) is 5.75 Å². The molecule has 4 N–H and O–H groups in total. The summed E-state index contributed by atoms with van der Waals surface area (Å²) >= 11 is 0. The Kier molecular flexibility index (Phi) is 8.03. The van der Waals surface area contributed by atoms with Gasteiger partial charge in [-0.25, -0.2) is 14.5 Å². The Labute approximate surface area is 223 Å². The maximum atomic E-state index is 15.0. The van der Waals surface area contributed by atoms with E-state index in [4.69, 9.17) is 24.3 Å². The molecule has 206 valence electrons. The van der Waals surface area contributed by atoms with E-state index < -0.39 is 38.6 Å². The van der Waals surface area contributed by atoms with Crippen LogP contribution in [0, 0.1) is 0 Å². The van der Waals surface area contributed by atoms with E-state index in [1.165, 1.54) is 10.9 Å². The molecule has 0 radical (unpaired) electrons. The quantitative estimate of drug-likeness (QED) is 0.195. The molecule has 2 aromatic carbocycles. The van der Waals surface area contributed by atoms with Crippen LogP contribution in [-0.4, -0.2) is 57.0 Å². The molecule has 2 aromatic heterocycles. The summed E-state index contributed by atoms with van der Waals surface area (Å²) in [6.45, 7) is 3.18. The number of ether oxygens (including phenoxy) is 2. The van der Waals surface area contributed by atoms with Gasteiger partial charge in [0.1, 0.15) is 30.8 Å². The van der Waals surface area contributed by atoms with Crippen LogP contribution in [0.25, 0.3) is 21.9 Å². The van der Waals surface area contributed by atoms with Crippen molar-refractivity contribution in [1.29, 1.82) is 0 Å². The first-order valence-electron chi connectivity index (χ1n) is 12.3. The maximum Gasteiger partial charge on any atom is 0.320 e. The number of imidazole rings is 1. The number of halogens is 1. The number of nitrogens with one attached hydrogen (secondary N) is 2. The van der Waals surface area contributed by atoms with Crippen LogP contribution in [0.2, 0.25) is 0 Å². The largest absolute Gasteiger partial charge is 0.462 e. The summed E-state index contributed by atoms with van der Waals surface area (Å²) in [6, 6.07) is 13.4. The molecule has 12 nitrogen and oxygen atoms in total. The summed E-state index contributed by atoms with van der Waals surface area (Å²) in [6.07, 6.45) is -2.01. The van der Waals surface area contributed by atoms with Crippen molar-refractivity contribution in [3.8, 4) is 5.75 Å². The highest BCUT2D eigenvalue weighted by atomic mass is 31.2. The van der Waals surface area contributed by atoms with Crippen molar-refractivity contribution in [2.75, 3.05) is 18.9 Å². The second-order valence-electron chi connectivity index (χ2n) is 9.18. The number of nitrogen functional groups attached to an aromatic ring is 1. The number of fused-ring (bicyclic) bond motifs is 2. The lowest BCUT2D eigenvalue weighted by Crippen LogP contribution is -2.28. The first kappa shape index (κ1) is 26.9. The molecule has 0 amide bonds. The predicted molar refractivity (Wildman–Crippen MR) is 143 cm³/mol. The molecule has 1 aliphatic heterocycles. The van der Waals surface area contributed by atoms with Crippen molar-refractivity contribution in [3.05, 3.63) is 59.1 Å². The van der Waals surface area contributed by atoms with Gasteiger partial charge >= 0.3 is 14.5 Å². The molecule has 1 fully saturated rings. The van der Waals surface area contributed by atoms with Gasteiger partial charge in [0, 0.05) is 6.42 Å². The van der Waals surface area contributed by atoms with Gasteiger partial charge in [0.15, 0.2) is 11.2 Å². The van der Waals surface area contributed by atoms with Crippen molar-refractivity contribution in [2.45, 2.75) is 44.9 Å². The van der Waals surface area contributed by atoms with Crippen LogP contribution in [0.15, 0.2) is 53.6 Å². The highest BCUT2D eigenvalue weighted by molar-refractivity contribution is 7.45. The van der Waals surface area contributed by atoms with E-state index in [0.717, 1.165) is 10.8 Å². The number of carbonyl (C=O) groups excluding carboxylic acids is 1. The summed E-state index contributed by atoms with van der Waals surface area (Å²) in [5.41, 5.74) is 5.44. The first-order valence-corrected chi connectivity index (χ1v) is 13.5. The highest BCUT2D eigenvalue weighted by Gasteiger charge is 2.38. The average molecular weight is 559 g/mol. The molecular formula is C25H28FN6O6P. The summed E-state index contributed by atoms with van der Waals surface area (Å²) in [7, 11) is -1.87. The molecule has 0 bridgehead atoms. The van der Waals surface area contributed by atoms with E-state index in [0.29, 0.717) is 5.75 Å². The number of nitrogens with two attached hydrogens (primary N) is 1. The molecule has 4 unspecified atom stereocenters. The number of esters is 1. The molecule has 4 aromatic rings. The SMILES string of the molecule is CC(C)OC(=O)CNP(OCC1OC(n2cnc3c(=O)[nH]c(N)nc32)CC1F)Oc1ccc2ccccc2c1.